The average Bonchev–Trinajstić information content (AvgIpc) is 3.58. The Morgan fingerprint density at radius 2 is 1.98 bits per heavy atom. The van der Waals surface area contributed by atoms with Gasteiger partial charge in [0.2, 0.25) is 0 Å². The lowest BCUT2D eigenvalue weighted by molar-refractivity contribution is -0.384. The molecule has 15 heteroatoms. The number of fused-ring (bicyclic) bond motifs is 4. The number of carbonyl (C=O) groups is 3. The standard InChI is InChI=1S/C26H23BrN6O7S/c1-13-17-5-3-4-6-18(17)32-25(28-13)29-21(30-32)20(40-14(2)34)26(27)23(36)31-19(12-41-24(26)31)22(35)39-11-15-7-9-16(10-8-15)33(37)38/h7-10,12,20,24H,3-6,11H2,1-2H3/t20?,24-,26?/m1/s1. The number of ether oxygens (including phenoxy) is 2. The highest BCUT2D eigenvalue weighted by atomic mass is 79.9. The van der Waals surface area contributed by atoms with Gasteiger partial charge in [-0.25, -0.2) is 14.3 Å². The van der Waals surface area contributed by atoms with Crippen molar-refractivity contribution in [1.29, 1.82) is 0 Å². The number of nitrogens with zero attached hydrogens (tertiary/aromatic N) is 6. The molecule has 1 amide bonds. The molecule has 0 spiro atoms. The number of esters is 2. The summed E-state index contributed by atoms with van der Waals surface area (Å²) in [6.07, 6.45) is 2.60. The van der Waals surface area contributed by atoms with Crippen molar-refractivity contribution in [1.82, 2.24) is 24.5 Å². The van der Waals surface area contributed by atoms with E-state index >= 15 is 0 Å². The first-order valence-corrected chi connectivity index (χ1v) is 14.5. The van der Waals surface area contributed by atoms with Crippen molar-refractivity contribution in [2.75, 3.05) is 0 Å². The van der Waals surface area contributed by atoms with Crippen LogP contribution in [0.25, 0.3) is 5.78 Å². The van der Waals surface area contributed by atoms with E-state index in [4.69, 9.17) is 9.47 Å². The molecule has 0 saturated carbocycles. The van der Waals surface area contributed by atoms with E-state index in [1.54, 1.807) is 4.52 Å². The molecule has 2 aliphatic heterocycles. The van der Waals surface area contributed by atoms with E-state index in [1.165, 1.54) is 53.3 Å². The molecule has 0 N–H and O–H groups in total. The predicted molar refractivity (Wildman–Crippen MR) is 148 cm³/mol. The number of aryl methyl sites for hydroxylation is 2. The summed E-state index contributed by atoms with van der Waals surface area (Å²) >= 11 is 4.75. The van der Waals surface area contributed by atoms with Crippen LogP contribution in [0.2, 0.25) is 0 Å². The molecule has 1 aromatic carbocycles. The van der Waals surface area contributed by atoms with E-state index in [0.717, 1.165) is 42.6 Å². The van der Waals surface area contributed by atoms with Gasteiger partial charge in [0.25, 0.3) is 17.4 Å². The number of non-ortho nitro benzene ring substituents is 1. The Hall–Kier alpha value is -3.85. The molecule has 0 bridgehead atoms. The number of hydrogen-bond acceptors (Lipinski definition) is 11. The van der Waals surface area contributed by atoms with Gasteiger partial charge in [-0.3, -0.25) is 24.6 Å². The van der Waals surface area contributed by atoms with Crippen LogP contribution in [0.4, 0.5) is 5.69 Å². The number of rotatable bonds is 7. The maximum atomic E-state index is 13.6. The van der Waals surface area contributed by atoms with Crippen LogP contribution < -0.4 is 0 Å². The molecule has 13 nitrogen and oxygen atoms in total. The number of β-lactam (4-membered cyclic amide) rings is 1. The monoisotopic (exact) mass is 642 g/mol. The summed E-state index contributed by atoms with van der Waals surface area (Å²) in [6.45, 7) is 3.04. The van der Waals surface area contributed by atoms with Gasteiger partial charge in [-0.1, -0.05) is 15.9 Å². The van der Waals surface area contributed by atoms with Crippen molar-refractivity contribution in [3.8, 4) is 0 Å². The molecule has 2 aromatic heterocycles. The lowest BCUT2D eigenvalue weighted by Crippen LogP contribution is -2.70. The predicted octanol–water partition coefficient (Wildman–Crippen LogP) is 3.46. The van der Waals surface area contributed by atoms with E-state index < -0.39 is 38.6 Å². The van der Waals surface area contributed by atoms with Crippen LogP contribution in [-0.4, -0.2) is 56.9 Å². The molecular weight excluding hydrogens is 620 g/mol. The summed E-state index contributed by atoms with van der Waals surface area (Å²) in [6, 6.07) is 5.61. The zero-order valence-corrected chi connectivity index (χ0v) is 24.3. The van der Waals surface area contributed by atoms with E-state index in [2.05, 4.69) is 31.0 Å². The number of nitro benzene ring substituents is 1. The lowest BCUT2D eigenvalue weighted by Gasteiger charge is -2.50. The second kappa shape index (κ2) is 10.2. The number of aromatic nitrogens is 4. The summed E-state index contributed by atoms with van der Waals surface area (Å²) < 4.78 is 11.3. The number of thioether (sulfide) groups is 1. The fourth-order valence-corrected chi connectivity index (χ4v) is 7.57. The molecular formula is C26H23BrN6O7S. The Morgan fingerprint density at radius 1 is 1.24 bits per heavy atom. The van der Waals surface area contributed by atoms with Crippen molar-refractivity contribution in [2.45, 2.75) is 61.9 Å². The molecule has 1 saturated heterocycles. The van der Waals surface area contributed by atoms with Gasteiger partial charge in [-0.15, -0.1) is 16.9 Å². The summed E-state index contributed by atoms with van der Waals surface area (Å²) in [5.74, 6) is -1.37. The van der Waals surface area contributed by atoms with Crippen LogP contribution in [-0.2, 0) is 43.3 Å². The van der Waals surface area contributed by atoms with Crippen LogP contribution >= 0.6 is 27.7 Å². The van der Waals surface area contributed by atoms with Crippen molar-refractivity contribution < 1.29 is 28.8 Å². The van der Waals surface area contributed by atoms with Crippen molar-refractivity contribution in [2.24, 2.45) is 0 Å². The highest BCUT2D eigenvalue weighted by Gasteiger charge is 2.69. The fourth-order valence-electron chi connectivity index (χ4n) is 5.33. The Kier molecular flexibility index (Phi) is 6.80. The van der Waals surface area contributed by atoms with Gasteiger partial charge in [-0.2, -0.15) is 4.98 Å². The van der Waals surface area contributed by atoms with Crippen molar-refractivity contribution in [3.63, 3.8) is 0 Å². The van der Waals surface area contributed by atoms with Crippen LogP contribution in [0.15, 0.2) is 35.4 Å². The molecule has 1 fully saturated rings. The second-order valence-corrected chi connectivity index (χ2v) is 12.2. The topological polar surface area (TPSA) is 159 Å². The zero-order valence-electron chi connectivity index (χ0n) is 21.9. The quantitative estimate of drug-likeness (QED) is 0.122. The van der Waals surface area contributed by atoms with Gasteiger partial charge in [0.15, 0.2) is 16.3 Å². The lowest BCUT2D eigenvalue weighted by atomic mass is 9.90. The van der Waals surface area contributed by atoms with Crippen LogP contribution in [0, 0.1) is 17.0 Å². The largest absolute Gasteiger partial charge is 0.456 e. The molecule has 212 valence electrons. The smallest absolute Gasteiger partial charge is 0.355 e. The fraction of sp³-hybridized carbons (Fsp3) is 0.385. The maximum absolute atomic E-state index is 13.6. The summed E-state index contributed by atoms with van der Waals surface area (Å²) in [5, 5.41) is 16.4. The van der Waals surface area contributed by atoms with Crippen molar-refractivity contribution in [3.05, 3.63) is 73.8 Å². The minimum absolute atomic E-state index is 0.0397. The van der Waals surface area contributed by atoms with Crippen LogP contribution in [0.3, 0.4) is 0 Å². The Bertz CT molecular complexity index is 1660. The molecule has 0 radical (unpaired) electrons. The Balaban J connectivity index is 1.23. The first kappa shape index (κ1) is 27.3. The van der Waals surface area contributed by atoms with E-state index in [9.17, 15) is 24.5 Å². The first-order valence-electron chi connectivity index (χ1n) is 12.8. The third-order valence-corrected chi connectivity index (χ3v) is 10.0. The minimum atomic E-state index is -1.44. The third kappa shape index (κ3) is 4.47. The third-order valence-electron chi connectivity index (χ3n) is 7.34. The van der Waals surface area contributed by atoms with Crippen LogP contribution in [0.1, 0.15) is 54.2 Å². The van der Waals surface area contributed by atoms with E-state index in [1.807, 2.05) is 6.92 Å². The highest BCUT2D eigenvalue weighted by molar-refractivity contribution is 9.10. The van der Waals surface area contributed by atoms with Gasteiger partial charge in [0.1, 0.15) is 17.7 Å². The molecule has 3 aromatic rings. The van der Waals surface area contributed by atoms with Crippen LogP contribution in [0.5, 0.6) is 0 Å². The number of halogens is 1. The van der Waals surface area contributed by atoms with E-state index in [0.29, 0.717) is 11.3 Å². The number of hydrogen-bond donors (Lipinski definition) is 0. The number of carbonyl (C=O) groups excluding carboxylic acids is 3. The molecule has 41 heavy (non-hydrogen) atoms. The molecule has 3 aliphatic rings. The molecule has 1 aliphatic carbocycles. The van der Waals surface area contributed by atoms with Gasteiger partial charge in [0, 0.05) is 30.2 Å². The molecule has 2 unspecified atom stereocenters. The number of amides is 1. The zero-order chi connectivity index (χ0) is 29.1. The molecule has 3 atom stereocenters. The number of alkyl halides is 1. The minimum Gasteiger partial charge on any atom is -0.456 e. The maximum Gasteiger partial charge on any atom is 0.355 e. The van der Waals surface area contributed by atoms with Crippen molar-refractivity contribution >= 4 is 57.0 Å². The Labute approximate surface area is 245 Å². The summed E-state index contributed by atoms with van der Waals surface area (Å²) in [7, 11) is 0. The van der Waals surface area contributed by atoms with Gasteiger partial charge in [-0.05, 0) is 55.9 Å². The second-order valence-electron chi connectivity index (χ2n) is 9.94. The molecule has 6 rings (SSSR count). The number of nitro groups is 1. The van der Waals surface area contributed by atoms with Gasteiger partial charge in [0.05, 0.1) is 10.6 Å². The van der Waals surface area contributed by atoms with Gasteiger partial charge >= 0.3 is 11.9 Å². The molecule has 4 heterocycles. The summed E-state index contributed by atoms with van der Waals surface area (Å²) in [4.78, 5) is 59.5. The van der Waals surface area contributed by atoms with Gasteiger partial charge < -0.3 is 9.47 Å². The Morgan fingerprint density at radius 3 is 2.68 bits per heavy atom. The highest BCUT2D eigenvalue weighted by Crippen LogP contribution is 2.57. The first-order chi connectivity index (χ1) is 19.6. The summed E-state index contributed by atoms with van der Waals surface area (Å²) in [5.41, 5.74) is 3.54. The average molecular weight is 643 g/mol. The normalized spacial score (nSPS) is 21.9. The van der Waals surface area contributed by atoms with E-state index in [-0.39, 0.29) is 23.8 Å². The SMILES string of the molecule is CC(=O)OC(c1nc2nc(C)c3c(n2n1)CCCC3)C1(Br)C(=O)N2C(C(=O)OCc3ccc([N+](=O)[O-])cc3)=CS[C@@H]21. The number of benzene rings is 1.